The smallest absolute Gasteiger partial charge is 0.230 e. The van der Waals surface area contributed by atoms with E-state index in [9.17, 15) is 4.79 Å². The van der Waals surface area contributed by atoms with Crippen LogP contribution in [0, 0.1) is 23.7 Å². The lowest BCUT2D eigenvalue weighted by Gasteiger charge is -2.54. The lowest BCUT2D eigenvalue weighted by Crippen LogP contribution is -2.56. The molecule has 1 amide bonds. The Bertz CT molecular complexity index is 705. The van der Waals surface area contributed by atoms with E-state index in [0.29, 0.717) is 11.8 Å². The molecule has 4 aliphatic carbocycles. The quantitative estimate of drug-likeness (QED) is 0.683. The minimum Gasteiger partial charge on any atom is -0.379 e. The second-order valence-electron chi connectivity index (χ2n) is 9.34. The zero-order chi connectivity index (χ0) is 19.8. The van der Waals surface area contributed by atoms with Crippen molar-refractivity contribution in [2.45, 2.75) is 63.3 Å². The molecule has 6 rings (SSSR count). The summed E-state index contributed by atoms with van der Waals surface area (Å²) in [6.07, 6.45) is 6.78. The Balaban J connectivity index is 1.15. The molecule has 0 unspecified atom stereocenters. The highest BCUT2D eigenvalue weighted by molar-refractivity contribution is 7.99. The Morgan fingerprint density at radius 3 is 2.45 bits per heavy atom. The van der Waals surface area contributed by atoms with Gasteiger partial charge in [-0.05, 0) is 62.7 Å². The molecule has 160 valence electrons. The molecule has 1 N–H and O–H groups in total. The lowest BCUT2D eigenvalue weighted by molar-refractivity contribution is -0.122. The molecule has 1 aliphatic heterocycles. The predicted octanol–water partition coefficient (Wildman–Crippen LogP) is 2.16. The molecule has 1 aromatic rings. The van der Waals surface area contributed by atoms with Crippen LogP contribution in [0.3, 0.4) is 0 Å². The van der Waals surface area contributed by atoms with Gasteiger partial charge in [0.05, 0.1) is 25.5 Å². The molecule has 7 nitrogen and oxygen atoms in total. The van der Waals surface area contributed by atoms with E-state index in [1.54, 1.807) is 0 Å². The average Bonchev–Trinajstić information content (AvgIpc) is 3.11. The van der Waals surface area contributed by atoms with Crippen LogP contribution in [0.1, 0.15) is 44.9 Å². The summed E-state index contributed by atoms with van der Waals surface area (Å²) in [5.74, 6) is 4.89. The molecule has 5 aliphatic rings. The first kappa shape index (κ1) is 19.8. The summed E-state index contributed by atoms with van der Waals surface area (Å²) in [6.45, 7) is 7.18. The Kier molecular flexibility index (Phi) is 5.85. The topological polar surface area (TPSA) is 72.3 Å². The number of hydrogen-bond donors (Lipinski definition) is 1. The number of ether oxygens (including phenoxy) is 1. The van der Waals surface area contributed by atoms with Crippen molar-refractivity contribution in [3.05, 3.63) is 5.82 Å². The number of aromatic nitrogens is 3. The molecule has 0 atom stereocenters. The van der Waals surface area contributed by atoms with Gasteiger partial charge in [-0.25, -0.2) is 0 Å². The van der Waals surface area contributed by atoms with Crippen LogP contribution in [0.15, 0.2) is 5.16 Å². The van der Waals surface area contributed by atoms with E-state index >= 15 is 0 Å². The number of morpholine rings is 1. The second-order valence-corrected chi connectivity index (χ2v) is 10.3. The van der Waals surface area contributed by atoms with Crippen molar-refractivity contribution in [1.29, 1.82) is 0 Å². The molecule has 29 heavy (non-hydrogen) atoms. The summed E-state index contributed by atoms with van der Waals surface area (Å²) in [5.41, 5.74) is 0. The van der Waals surface area contributed by atoms with Crippen LogP contribution in [0.4, 0.5) is 0 Å². The highest BCUT2D eigenvalue weighted by atomic mass is 32.2. The van der Waals surface area contributed by atoms with Gasteiger partial charge >= 0.3 is 0 Å². The third-order valence-corrected chi connectivity index (χ3v) is 8.43. The first-order valence-corrected chi connectivity index (χ1v) is 12.3. The molecule has 0 radical (unpaired) electrons. The SMILES string of the molecule is CCn1c(CN2CCOCC2)nnc1SCC(=O)NC1C2CC3CC(C2)CC1C3. The highest BCUT2D eigenvalue weighted by Crippen LogP contribution is 2.53. The van der Waals surface area contributed by atoms with Gasteiger partial charge in [-0.3, -0.25) is 9.69 Å². The number of hydrogen-bond acceptors (Lipinski definition) is 6. The van der Waals surface area contributed by atoms with E-state index < -0.39 is 0 Å². The molecule has 8 heteroatoms. The molecular weight excluding hydrogens is 386 g/mol. The lowest BCUT2D eigenvalue weighted by atomic mass is 9.54. The minimum atomic E-state index is 0.160. The van der Waals surface area contributed by atoms with E-state index in [4.69, 9.17) is 4.74 Å². The molecule has 4 saturated carbocycles. The zero-order valence-electron chi connectivity index (χ0n) is 17.4. The number of thioether (sulfide) groups is 1. The van der Waals surface area contributed by atoms with E-state index in [1.807, 2.05) is 0 Å². The summed E-state index contributed by atoms with van der Waals surface area (Å²) in [7, 11) is 0. The van der Waals surface area contributed by atoms with Gasteiger partial charge in [-0.15, -0.1) is 10.2 Å². The zero-order valence-corrected chi connectivity index (χ0v) is 18.2. The third kappa shape index (κ3) is 4.21. The maximum atomic E-state index is 12.7. The largest absolute Gasteiger partial charge is 0.379 e. The second kappa shape index (κ2) is 8.55. The summed E-state index contributed by atoms with van der Waals surface area (Å²) in [6, 6.07) is 0.414. The van der Waals surface area contributed by atoms with Crippen molar-refractivity contribution in [1.82, 2.24) is 25.0 Å². The Morgan fingerprint density at radius 2 is 1.79 bits per heavy atom. The van der Waals surface area contributed by atoms with Gasteiger partial charge in [0.2, 0.25) is 5.91 Å². The highest BCUT2D eigenvalue weighted by Gasteiger charge is 2.48. The van der Waals surface area contributed by atoms with Gasteiger partial charge < -0.3 is 14.6 Å². The van der Waals surface area contributed by atoms with Crippen LogP contribution in [-0.2, 0) is 22.6 Å². The maximum absolute atomic E-state index is 12.7. The monoisotopic (exact) mass is 419 g/mol. The molecule has 1 saturated heterocycles. The molecule has 5 fully saturated rings. The molecule has 0 aromatic carbocycles. The summed E-state index contributed by atoms with van der Waals surface area (Å²) < 4.78 is 7.58. The number of rotatable bonds is 7. The van der Waals surface area contributed by atoms with E-state index in [-0.39, 0.29) is 5.91 Å². The van der Waals surface area contributed by atoms with Crippen LogP contribution in [-0.4, -0.2) is 63.7 Å². The van der Waals surface area contributed by atoms with Gasteiger partial charge in [-0.2, -0.15) is 0 Å². The predicted molar refractivity (Wildman–Crippen MR) is 111 cm³/mol. The molecule has 2 heterocycles. The fourth-order valence-corrected chi connectivity index (χ4v) is 7.17. The molecule has 4 bridgehead atoms. The normalized spacial score (nSPS) is 33.9. The van der Waals surface area contributed by atoms with Crippen molar-refractivity contribution < 1.29 is 9.53 Å². The summed E-state index contributed by atoms with van der Waals surface area (Å²) in [4.78, 5) is 15.1. The number of carbonyl (C=O) groups excluding carboxylic acids is 1. The van der Waals surface area contributed by atoms with Gasteiger partial charge in [0, 0.05) is 25.7 Å². The van der Waals surface area contributed by atoms with Crippen molar-refractivity contribution in [2.75, 3.05) is 32.1 Å². The van der Waals surface area contributed by atoms with E-state index in [2.05, 4.69) is 31.9 Å². The Morgan fingerprint density at radius 1 is 1.10 bits per heavy atom. The van der Waals surface area contributed by atoms with Crippen molar-refractivity contribution in [3.63, 3.8) is 0 Å². The summed E-state index contributed by atoms with van der Waals surface area (Å²) >= 11 is 1.52. The van der Waals surface area contributed by atoms with Gasteiger partial charge in [0.15, 0.2) is 5.16 Å². The van der Waals surface area contributed by atoms with Crippen LogP contribution in [0.5, 0.6) is 0 Å². The number of nitrogens with one attached hydrogen (secondary N) is 1. The number of nitrogens with zero attached hydrogens (tertiary/aromatic N) is 4. The number of amides is 1. The van der Waals surface area contributed by atoms with Gasteiger partial charge in [0.1, 0.15) is 5.82 Å². The fraction of sp³-hybridized carbons (Fsp3) is 0.857. The first-order chi connectivity index (χ1) is 14.2. The Hall–Kier alpha value is -1.12. The van der Waals surface area contributed by atoms with Crippen molar-refractivity contribution in [3.8, 4) is 0 Å². The number of carbonyl (C=O) groups is 1. The van der Waals surface area contributed by atoms with Crippen molar-refractivity contribution >= 4 is 17.7 Å². The van der Waals surface area contributed by atoms with Crippen LogP contribution >= 0.6 is 11.8 Å². The minimum absolute atomic E-state index is 0.160. The maximum Gasteiger partial charge on any atom is 0.230 e. The van der Waals surface area contributed by atoms with E-state index in [1.165, 1.54) is 43.9 Å². The van der Waals surface area contributed by atoms with Crippen LogP contribution in [0.2, 0.25) is 0 Å². The Labute approximate surface area is 177 Å². The van der Waals surface area contributed by atoms with Gasteiger partial charge in [-0.1, -0.05) is 11.8 Å². The van der Waals surface area contributed by atoms with Crippen LogP contribution in [0.25, 0.3) is 0 Å². The van der Waals surface area contributed by atoms with Gasteiger partial charge in [0.25, 0.3) is 0 Å². The average molecular weight is 420 g/mol. The molecule has 0 spiro atoms. The summed E-state index contributed by atoms with van der Waals surface area (Å²) in [5, 5.41) is 13.1. The van der Waals surface area contributed by atoms with Crippen molar-refractivity contribution in [2.24, 2.45) is 23.7 Å². The standard InChI is InChI=1S/C21H33N5O2S/c1-2-26-18(12-25-3-5-28-6-4-25)23-24-21(26)29-13-19(27)22-20-16-8-14-7-15(10-16)11-17(20)9-14/h14-17,20H,2-13H2,1H3,(H,22,27). The first-order valence-electron chi connectivity index (χ1n) is 11.3. The molecule has 1 aromatic heterocycles. The third-order valence-electron chi connectivity index (χ3n) is 7.47. The van der Waals surface area contributed by atoms with Crippen LogP contribution < -0.4 is 5.32 Å². The fourth-order valence-electron chi connectivity index (χ4n) is 6.34. The molecular formula is C21H33N5O2S. The van der Waals surface area contributed by atoms with E-state index in [0.717, 1.165) is 74.0 Å².